The molecule has 0 saturated heterocycles. The van der Waals surface area contributed by atoms with Gasteiger partial charge in [0, 0.05) is 12.3 Å². The highest BCUT2D eigenvalue weighted by Gasteiger charge is 2.28. The molecule has 0 aliphatic heterocycles. The number of nitrogens with zero attached hydrogens (tertiary/aromatic N) is 1. The summed E-state index contributed by atoms with van der Waals surface area (Å²) in [6, 6.07) is 11.4. The van der Waals surface area contributed by atoms with Gasteiger partial charge in [0.05, 0.1) is 0 Å². The third-order valence-corrected chi connectivity index (χ3v) is 2.07. The lowest BCUT2D eigenvalue weighted by atomic mass is 10.3. The molecule has 0 aliphatic rings. The molecule has 0 N–H and O–H groups in total. The molecule has 100 valence electrons. The first kappa shape index (κ1) is 13.2. The van der Waals surface area contributed by atoms with Crippen LogP contribution in [0.15, 0.2) is 48.7 Å². The van der Waals surface area contributed by atoms with E-state index in [4.69, 9.17) is 4.74 Å². The van der Waals surface area contributed by atoms with E-state index >= 15 is 0 Å². The minimum atomic E-state index is -4.37. The Hall–Kier alpha value is -2.24. The second kappa shape index (κ2) is 5.60. The van der Waals surface area contributed by atoms with Crippen molar-refractivity contribution in [3.63, 3.8) is 0 Å². The zero-order chi connectivity index (χ0) is 13.7. The highest BCUT2D eigenvalue weighted by atomic mass is 19.4. The van der Waals surface area contributed by atoms with Gasteiger partial charge in [-0.3, -0.25) is 0 Å². The van der Waals surface area contributed by atoms with Crippen LogP contribution in [0.5, 0.6) is 17.4 Å². The van der Waals surface area contributed by atoms with Gasteiger partial charge >= 0.3 is 6.18 Å². The highest BCUT2D eigenvalue weighted by Crippen LogP contribution is 2.24. The summed E-state index contributed by atoms with van der Waals surface area (Å²) in [5.74, 6) is 0.770. The number of hydrogen-bond donors (Lipinski definition) is 0. The van der Waals surface area contributed by atoms with Gasteiger partial charge in [0.25, 0.3) is 0 Å². The number of para-hydroxylation sites is 1. The van der Waals surface area contributed by atoms with Crippen LogP contribution in [0.4, 0.5) is 13.2 Å². The molecule has 2 rings (SSSR count). The van der Waals surface area contributed by atoms with E-state index in [-0.39, 0.29) is 11.6 Å². The summed E-state index contributed by atoms with van der Waals surface area (Å²) in [4.78, 5) is 3.90. The lowest BCUT2D eigenvalue weighted by Crippen LogP contribution is -2.19. The molecule has 6 heteroatoms. The molecule has 0 amide bonds. The molecule has 0 unspecified atom stereocenters. The number of ether oxygens (including phenoxy) is 2. The van der Waals surface area contributed by atoms with Gasteiger partial charge in [-0.05, 0) is 18.2 Å². The Balaban J connectivity index is 2.03. The second-order valence-corrected chi connectivity index (χ2v) is 3.65. The molecule has 0 saturated carbocycles. The van der Waals surface area contributed by atoms with Crippen molar-refractivity contribution in [2.45, 2.75) is 6.18 Å². The molecular weight excluding hydrogens is 259 g/mol. The van der Waals surface area contributed by atoms with Crippen LogP contribution < -0.4 is 9.47 Å². The van der Waals surface area contributed by atoms with E-state index in [9.17, 15) is 13.2 Å². The third kappa shape index (κ3) is 4.50. The fraction of sp³-hybridized carbons (Fsp3) is 0.154. The predicted octanol–water partition coefficient (Wildman–Crippen LogP) is 3.82. The molecule has 19 heavy (non-hydrogen) atoms. The van der Waals surface area contributed by atoms with Crippen LogP contribution in [-0.2, 0) is 0 Å². The first-order valence-corrected chi connectivity index (χ1v) is 5.41. The third-order valence-electron chi connectivity index (χ3n) is 2.07. The molecular formula is C13H10F3NO2. The van der Waals surface area contributed by atoms with Crippen LogP contribution >= 0.6 is 0 Å². The fourth-order valence-electron chi connectivity index (χ4n) is 1.31. The van der Waals surface area contributed by atoms with Gasteiger partial charge in [0.2, 0.25) is 5.88 Å². The standard InChI is InChI=1S/C13H10F3NO2/c14-13(15,16)9-18-11-6-7-17-12(8-11)19-10-4-2-1-3-5-10/h1-8H,9H2. The molecule has 0 aliphatic carbocycles. The van der Waals surface area contributed by atoms with Gasteiger partial charge in [-0.25, -0.2) is 4.98 Å². The number of aromatic nitrogens is 1. The maximum atomic E-state index is 12.0. The van der Waals surface area contributed by atoms with Crippen LogP contribution in [-0.4, -0.2) is 17.8 Å². The summed E-state index contributed by atoms with van der Waals surface area (Å²) >= 11 is 0. The lowest BCUT2D eigenvalue weighted by Gasteiger charge is -2.10. The summed E-state index contributed by atoms with van der Waals surface area (Å²) in [6.45, 7) is -1.35. The zero-order valence-electron chi connectivity index (χ0n) is 9.72. The molecule has 1 heterocycles. The minimum absolute atomic E-state index is 0.0539. The molecule has 2 aromatic rings. The Bertz CT molecular complexity index is 529. The number of pyridine rings is 1. The predicted molar refractivity (Wildman–Crippen MR) is 62.3 cm³/mol. The number of benzene rings is 1. The second-order valence-electron chi connectivity index (χ2n) is 3.65. The normalized spacial score (nSPS) is 11.1. The molecule has 0 spiro atoms. The molecule has 0 bridgehead atoms. The van der Waals surface area contributed by atoms with Gasteiger partial charge < -0.3 is 9.47 Å². The van der Waals surface area contributed by atoms with Gasteiger partial charge in [0.1, 0.15) is 11.5 Å². The van der Waals surface area contributed by atoms with Crippen LogP contribution in [0.1, 0.15) is 0 Å². The molecule has 0 radical (unpaired) electrons. The fourth-order valence-corrected chi connectivity index (χ4v) is 1.31. The van der Waals surface area contributed by atoms with Crippen LogP contribution in [0, 0.1) is 0 Å². The molecule has 3 nitrogen and oxygen atoms in total. The average molecular weight is 269 g/mol. The Morgan fingerprint density at radius 2 is 1.74 bits per heavy atom. The van der Waals surface area contributed by atoms with E-state index in [1.807, 2.05) is 6.07 Å². The van der Waals surface area contributed by atoms with Gasteiger partial charge in [-0.15, -0.1) is 0 Å². The summed E-state index contributed by atoms with van der Waals surface area (Å²) in [5.41, 5.74) is 0. The highest BCUT2D eigenvalue weighted by molar-refractivity contribution is 5.31. The van der Waals surface area contributed by atoms with E-state index in [2.05, 4.69) is 9.72 Å². The maximum absolute atomic E-state index is 12.0. The van der Waals surface area contributed by atoms with Gasteiger partial charge in [-0.2, -0.15) is 13.2 Å². The van der Waals surface area contributed by atoms with Crippen molar-refractivity contribution in [1.82, 2.24) is 4.98 Å². The zero-order valence-corrected chi connectivity index (χ0v) is 9.72. The van der Waals surface area contributed by atoms with Crippen molar-refractivity contribution in [2.24, 2.45) is 0 Å². The SMILES string of the molecule is FC(F)(F)COc1ccnc(Oc2ccccc2)c1. The van der Waals surface area contributed by atoms with E-state index < -0.39 is 12.8 Å². The largest absolute Gasteiger partial charge is 0.484 e. The lowest BCUT2D eigenvalue weighted by molar-refractivity contribution is -0.153. The summed E-state index contributed by atoms with van der Waals surface area (Å²) in [5, 5.41) is 0. The summed E-state index contributed by atoms with van der Waals surface area (Å²) in [6.07, 6.45) is -3.05. The van der Waals surface area contributed by atoms with Gasteiger partial charge in [-0.1, -0.05) is 18.2 Å². The minimum Gasteiger partial charge on any atom is -0.484 e. The van der Waals surface area contributed by atoms with E-state index in [0.29, 0.717) is 5.75 Å². The number of rotatable bonds is 4. The van der Waals surface area contributed by atoms with Gasteiger partial charge in [0.15, 0.2) is 6.61 Å². The van der Waals surface area contributed by atoms with Crippen LogP contribution in [0.2, 0.25) is 0 Å². The first-order chi connectivity index (χ1) is 9.03. The first-order valence-electron chi connectivity index (χ1n) is 5.41. The monoisotopic (exact) mass is 269 g/mol. The maximum Gasteiger partial charge on any atom is 0.422 e. The van der Waals surface area contributed by atoms with Crippen molar-refractivity contribution >= 4 is 0 Å². The van der Waals surface area contributed by atoms with Crippen LogP contribution in [0.3, 0.4) is 0 Å². The van der Waals surface area contributed by atoms with E-state index in [1.54, 1.807) is 24.3 Å². The van der Waals surface area contributed by atoms with E-state index in [0.717, 1.165) is 0 Å². The van der Waals surface area contributed by atoms with Crippen molar-refractivity contribution in [3.8, 4) is 17.4 Å². The number of hydrogen-bond acceptors (Lipinski definition) is 3. The molecule has 1 aromatic heterocycles. The van der Waals surface area contributed by atoms with E-state index in [1.165, 1.54) is 18.3 Å². The van der Waals surface area contributed by atoms with Crippen molar-refractivity contribution in [1.29, 1.82) is 0 Å². The van der Waals surface area contributed by atoms with Crippen LogP contribution in [0.25, 0.3) is 0 Å². The Labute approximate surface area is 107 Å². The van der Waals surface area contributed by atoms with Crippen molar-refractivity contribution in [2.75, 3.05) is 6.61 Å². The Kier molecular flexibility index (Phi) is 3.89. The summed E-state index contributed by atoms with van der Waals surface area (Å²) < 4.78 is 46.0. The van der Waals surface area contributed by atoms with Crippen molar-refractivity contribution in [3.05, 3.63) is 48.7 Å². The van der Waals surface area contributed by atoms with Crippen molar-refractivity contribution < 1.29 is 22.6 Å². The average Bonchev–Trinajstić information content (AvgIpc) is 2.37. The smallest absolute Gasteiger partial charge is 0.422 e. The molecule has 0 fully saturated rings. The summed E-state index contributed by atoms with van der Waals surface area (Å²) in [7, 11) is 0. The number of halogens is 3. The quantitative estimate of drug-likeness (QED) is 0.845. The Morgan fingerprint density at radius 1 is 1.00 bits per heavy atom. The molecule has 1 aromatic carbocycles. The number of alkyl halides is 3. The molecule has 0 atom stereocenters. The topological polar surface area (TPSA) is 31.4 Å². The Morgan fingerprint density at radius 3 is 2.42 bits per heavy atom.